The largest absolute Gasteiger partial charge is 0.469 e. The second kappa shape index (κ2) is 11.9. The number of hydrogen-bond acceptors (Lipinski definition) is 9. The van der Waals surface area contributed by atoms with Crippen molar-refractivity contribution in [2.24, 2.45) is 0 Å². The zero-order chi connectivity index (χ0) is 22.8. The van der Waals surface area contributed by atoms with Gasteiger partial charge in [0.15, 0.2) is 0 Å². The number of carbonyl (C=O) groups excluding carboxylic acids is 2. The Hall–Kier alpha value is -2.99. The van der Waals surface area contributed by atoms with Crippen molar-refractivity contribution in [3.8, 4) is 0 Å². The van der Waals surface area contributed by atoms with Crippen molar-refractivity contribution in [2.45, 2.75) is 58.0 Å². The molecule has 0 aliphatic rings. The van der Waals surface area contributed by atoms with Gasteiger partial charge in [0.25, 0.3) is 0 Å². The molecular weight excluding hydrogens is 402 g/mol. The highest BCUT2D eigenvalue weighted by Gasteiger charge is 2.20. The number of carbonyl (C=O) groups is 2. The zero-order valence-corrected chi connectivity index (χ0v) is 17.0. The normalized spacial score (nSPS) is 12.8. The Bertz CT molecular complexity index is 928. The fourth-order valence-electron chi connectivity index (χ4n) is 2.45. The average Bonchev–Trinajstić information content (AvgIpc) is 2.73. The van der Waals surface area contributed by atoms with E-state index in [-0.39, 0.29) is 32.4 Å². The summed E-state index contributed by atoms with van der Waals surface area (Å²) in [6.45, 7) is 3.51. The lowest BCUT2D eigenvalue weighted by molar-refractivity contribution is -0.151. The van der Waals surface area contributed by atoms with Crippen molar-refractivity contribution in [3.63, 3.8) is 0 Å². The minimum atomic E-state index is -1.43. The SMILES string of the molecule is C=CCn1c(=O)n(CC(O)CC)c(=O)n(CC(O)COC(=O)CCC(=O)OC)c1=O. The first-order valence-electron chi connectivity index (χ1n) is 9.30. The molecule has 168 valence electrons. The number of ether oxygens (including phenoxy) is 2. The molecule has 2 N–H and O–H groups in total. The number of esters is 2. The first kappa shape index (κ1) is 25.0. The molecule has 12 heteroatoms. The van der Waals surface area contributed by atoms with Gasteiger partial charge in [-0.15, -0.1) is 6.58 Å². The van der Waals surface area contributed by atoms with Gasteiger partial charge in [0.1, 0.15) is 12.7 Å². The Morgan fingerprint density at radius 1 is 0.967 bits per heavy atom. The zero-order valence-electron chi connectivity index (χ0n) is 17.0. The highest BCUT2D eigenvalue weighted by molar-refractivity contribution is 5.77. The molecule has 0 saturated carbocycles. The Balaban J connectivity index is 3.04. The van der Waals surface area contributed by atoms with Crippen molar-refractivity contribution < 1.29 is 29.3 Å². The number of rotatable bonds is 12. The molecule has 30 heavy (non-hydrogen) atoms. The van der Waals surface area contributed by atoms with Crippen LogP contribution >= 0.6 is 0 Å². The van der Waals surface area contributed by atoms with E-state index in [1.54, 1.807) is 6.92 Å². The van der Waals surface area contributed by atoms with Crippen molar-refractivity contribution in [1.29, 1.82) is 0 Å². The molecule has 0 bridgehead atoms. The number of aliphatic hydroxyl groups excluding tert-OH is 2. The molecule has 0 spiro atoms. The van der Waals surface area contributed by atoms with Crippen LogP contribution in [0.15, 0.2) is 27.0 Å². The van der Waals surface area contributed by atoms with Gasteiger partial charge in [-0.3, -0.25) is 9.59 Å². The Kier molecular flexibility index (Phi) is 9.92. The third-order valence-electron chi connectivity index (χ3n) is 4.15. The maximum absolute atomic E-state index is 12.6. The second-order valence-electron chi connectivity index (χ2n) is 6.44. The van der Waals surface area contributed by atoms with Gasteiger partial charge < -0.3 is 19.7 Å². The average molecular weight is 429 g/mol. The lowest BCUT2D eigenvalue weighted by Crippen LogP contribution is -2.56. The third-order valence-corrected chi connectivity index (χ3v) is 4.15. The summed E-state index contributed by atoms with van der Waals surface area (Å²) in [5.74, 6) is -1.37. The summed E-state index contributed by atoms with van der Waals surface area (Å²) in [5.41, 5.74) is -2.88. The first-order chi connectivity index (χ1) is 14.2. The topological polar surface area (TPSA) is 159 Å². The van der Waals surface area contributed by atoms with E-state index in [0.29, 0.717) is 9.13 Å². The summed E-state index contributed by atoms with van der Waals surface area (Å²) in [6.07, 6.45) is -1.31. The molecule has 0 amide bonds. The number of hydrogen-bond donors (Lipinski definition) is 2. The maximum atomic E-state index is 12.6. The van der Waals surface area contributed by atoms with E-state index in [9.17, 15) is 34.2 Å². The monoisotopic (exact) mass is 429 g/mol. The van der Waals surface area contributed by atoms with E-state index in [1.807, 2.05) is 0 Å². The molecule has 1 rings (SSSR count). The minimum Gasteiger partial charge on any atom is -0.469 e. The predicted octanol–water partition coefficient (Wildman–Crippen LogP) is -2.01. The van der Waals surface area contributed by atoms with Gasteiger partial charge in [0.2, 0.25) is 0 Å². The van der Waals surface area contributed by atoms with Gasteiger partial charge in [-0.25, -0.2) is 28.1 Å². The van der Waals surface area contributed by atoms with Crippen LogP contribution in [-0.4, -0.2) is 61.8 Å². The van der Waals surface area contributed by atoms with Crippen LogP contribution in [0, 0.1) is 0 Å². The summed E-state index contributed by atoms with van der Waals surface area (Å²) in [7, 11) is 1.17. The molecule has 12 nitrogen and oxygen atoms in total. The van der Waals surface area contributed by atoms with Gasteiger partial charge in [-0.1, -0.05) is 13.0 Å². The summed E-state index contributed by atoms with van der Waals surface area (Å²) >= 11 is 0. The fourth-order valence-corrected chi connectivity index (χ4v) is 2.45. The van der Waals surface area contributed by atoms with Crippen LogP contribution in [0.5, 0.6) is 0 Å². The van der Waals surface area contributed by atoms with E-state index in [2.05, 4.69) is 11.3 Å². The summed E-state index contributed by atoms with van der Waals surface area (Å²) in [5, 5.41) is 19.9. The lowest BCUT2D eigenvalue weighted by atomic mass is 10.3. The lowest BCUT2D eigenvalue weighted by Gasteiger charge is -2.17. The first-order valence-corrected chi connectivity index (χ1v) is 9.30. The third kappa shape index (κ3) is 6.81. The Morgan fingerprint density at radius 2 is 1.47 bits per heavy atom. The molecule has 2 atom stereocenters. The number of allylic oxidation sites excluding steroid dienone is 1. The van der Waals surface area contributed by atoms with Gasteiger partial charge >= 0.3 is 29.0 Å². The van der Waals surface area contributed by atoms with E-state index < -0.39 is 54.4 Å². The van der Waals surface area contributed by atoms with Gasteiger partial charge in [-0.2, -0.15) is 0 Å². The molecule has 0 saturated heterocycles. The van der Waals surface area contributed by atoms with Crippen LogP contribution in [0.25, 0.3) is 0 Å². The quantitative estimate of drug-likeness (QED) is 0.283. The molecule has 0 fully saturated rings. The van der Waals surface area contributed by atoms with Crippen LogP contribution in [0.4, 0.5) is 0 Å². The standard InChI is InChI=1S/C18H27N3O9/c1-4-8-19-16(26)20(9-12(22)5-2)18(28)21(17(19)27)10-13(23)11-30-15(25)7-6-14(24)29-3/h4,12-13,22-23H,1,5-11H2,2-3H3. The summed E-state index contributed by atoms with van der Waals surface area (Å²) < 4.78 is 11.3. The highest BCUT2D eigenvalue weighted by atomic mass is 16.5. The number of aliphatic hydroxyl groups is 2. The van der Waals surface area contributed by atoms with Crippen LogP contribution in [0.2, 0.25) is 0 Å². The number of nitrogens with zero attached hydrogens (tertiary/aromatic N) is 3. The molecule has 1 aromatic rings. The molecule has 0 radical (unpaired) electrons. The van der Waals surface area contributed by atoms with E-state index in [1.165, 1.54) is 13.2 Å². The Labute approximate surface area is 171 Å². The van der Waals surface area contributed by atoms with Crippen molar-refractivity contribution >= 4 is 11.9 Å². The van der Waals surface area contributed by atoms with E-state index in [4.69, 9.17) is 4.74 Å². The summed E-state index contributed by atoms with van der Waals surface area (Å²) in [6, 6.07) is 0. The number of methoxy groups -OCH3 is 1. The highest BCUT2D eigenvalue weighted by Crippen LogP contribution is 1.97. The predicted molar refractivity (Wildman–Crippen MR) is 104 cm³/mol. The van der Waals surface area contributed by atoms with Crippen molar-refractivity contribution in [3.05, 3.63) is 44.1 Å². The van der Waals surface area contributed by atoms with E-state index in [0.717, 1.165) is 4.57 Å². The minimum absolute atomic E-state index is 0.182. The van der Waals surface area contributed by atoms with Gasteiger partial charge in [0.05, 0.1) is 45.7 Å². The molecule has 0 aromatic carbocycles. The maximum Gasteiger partial charge on any atom is 0.336 e. The smallest absolute Gasteiger partial charge is 0.336 e. The summed E-state index contributed by atoms with van der Waals surface area (Å²) in [4.78, 5) is 60.2. The fraction of sp³-hybridized carbons (Fsp3) is 0.611. The van der Waals surface area contributed by atoms with Gasteiger partial charge in [-0.05, 0) is 6.42 Å². The van der Waals surface area contributed by atoms with Crippen LogP contribution < -0.4 is 17.1 Å². The van der Waals surface area contributed by atoms with Crippen LogP contribution in [-0.2, 0) is 38.7 Å². The van der Waals surface area contributed by atoms with Crippen LogP contribution in [0.1, 0.15) is 26.2 Å². The van der Waals surface area contributed by atoms with Crippen LogP contribution in [0.3, 0.4) is 0 Å². The van der Waals surface area contributed by atoms with Crippen molar-refractivity contribution in [1.82, 2.24) is 13.7 Å². The van der Waals surface area contributed by atoms with Crippen molar-refractivity contribution in [2.75, 3.05) is 13.7 Å². The molecule has 1 heterocycles. The molecular formula is C18H27N3O9. The molecule has 0 aliphatic heterocycles. The molecule has 0 aliphatic carbocycles. The Morgan fingerprint density at radius 3 is 1.97 bits per heavy atom. The molecule has 2 unspecified atom stereocenters. The second-order valence-corrected chi connectivity index (χ2v) is 6.44. The van der Waals surface area contributed by atoms with Gasteiger partial charge in [0, 0.05) is 0 Å². The van der Waals surface area contributed by atoms with E-state index >= 15 is 0 Å². The molecule has 1 aromatic heterocycles. The number of aromatic nitrogens is 3.